The van der Waals surface area contributed by atoms with Crippen LogP contribution in [0, 0.1) is 10.1 Å². The average Bonchev–Trinajstić information content (AvgIpc) is 2.48. The molecule has 104 valence electrons. The van der Waals surface area contributed by atoms with E-state index < -0.39 is 12.3 Å². The van der Waals surface area contributed by atoms with Crippen LogP contribution >= 0.6 is 7.37 Å². The molecule has 0 aliphatic carbocycles. The molecule has 0 saturated heterocycles. The van der Waals surface area contributed by atoms with E-state index in [1.54, 1.807) is 36.4 Å². The zero-order valence-electron chi connectivity index (χ0n) is 10.9. The summed E-state index contributed by atoms with van der Waals surface area (Å²) in [5.41, 5.74) is 0.755. The van der Waals surface area contributed by atoms with E-state index in [0.717, 1.165) is 5.56 Å². The summed E-state index contributed by atoms with van der Waals surface area (Å²) in [6, 6.07) is 15.0. The van der Waals surface area contributed by atoms with Crippen molar-refractivity contribution in [1.29, 1.82) is 0 Å². The monoisotopic (exact) mass is 291 g/mol. The first-order chi connectivity index (χ1) is 9.55. The summed E-state index contributed by atoms with van der Waals surface area (Å²) < 4.78 is 18.0. The van der Waals surface area contributed by atoms with Gasteiger partial charge in [-0.25, -0.2) is 0 Å². The zero-order chi connectivity index (χ0) is 14.6. The SMILES string of the molecule is COP(=O)(Cc1ccc([N+](=O)[O-])cc1)c1ccccc1. The molecule has 2 aromatic rings. The molecule has 0 saturated carbocycles. The second kappa shape index (κ2) is 5.99. The standard InChI is InChI=1S/C14H14NO4P/c1-19-20(18,14-5-3-2-4-6-14)11-12-7-9-13(10-8-12)15(16)17/h2-10H,11H2,1H3. The topological polar surface area (TPSA) is 69.4 Å². The van der Waals surface area contributed by atoms with E-state index in [-0.39, 0.29) is 11.8 Å². The summed E-state index contributed by atoms with van der Waals surface area (Å²) in [5.74, 6) is 0. The third-order valence-electron chi connectivity index (χ3n) is 2.98. The molecule has 20 heavy (non-hydrogen) atoms. The Kier molecular flexibility index (Phi) is 4.32. The van der Waals surface area contributed by atoms with Gasteiger partial charge in [0, 0.05) is 24.5 Å². The average molecular weight is 291 g/mol. The molecule has 0 aliphatic rings. The summed E-state index contributed by atoms with van der Waals surface area (Å²) in [6.07, 6.45) is 0.214. The first kappa shape index (κ1) is 14.4. The molecule has 2 rings (SSSR count). The Morgan fingerprint density at radius 1 is 1.10 bits per heavy atom. The number of hydrogen-bond acceptors (Lipinski definition) is 4. The molecular formula is C14H14NO4P. The predicted molar refractivity (Wildman–Crippen MR) is 77.5 cm³/mol. The van der Waals surface area contributed by atoms with Crippen LogP contribution in [0.15, 0.2) is 54.6 Å². The summed E-state index contributed by atoms with van der Waals surface area (Å²) in [4.78, 5) is 10.1. The smallest absolute Gasteiger partial charge is 0.269 e. The van der Waals surface area contributed by atoms with Gasteiger partial charge < -0.3 is 4.52 Å². The largest absolute Gasteiger partial charge is 0.328 e. The minimum Gasteiger partial charge on any atom is -0.328 e. The highest BCUT2D eigenvalue weighted by atomic mass is 31.2. The number of nitro benzene ring substituents is 1. The quantitative estimate of drug-likeness (QED) is 0.481. The van der Waals surface area contributed by atoms with Crippen molar-refractivity contribution in [2.45, 2.75) is 6.16 Å². The van der Waals surface area contributed by atoms with Gasteiger partial charge in [-0.3, -0.25) is 14.7 Å². The molecule has 0 aromatic heterocycles. The molecule has 0 heterocycles. The molecule has 2 aromatic carbocycles. The fourth-order valence-electron chi connectivity index (χ4n) is 1.88. The highest BCUT2D eigenvalue weighted by molar-refractivity contribution is 7.66. The van der Waals surface area contributed by atoms with Crippen LogP contribution in [0.3, 0.4) is 0 Å². The van der Waals surface area contributed by atoms with E-state index in [4.69, 9.17) is 4.52 Å². The second-order valence-electron chi connectivity index (χ2n) is 4.27. The minimum atomic E-state index is -2.98. The molecule has 0 amide bonds. The predicted octanol–water partition coefficient (Wildman–Crippen LogP) is 3.34. The molecule has 0 spiro atoms. The van der Waals surface area contributed by atoms with Gasteiger partial charge in [0.05, 0.1) is 11.1 Å². The van der Waals surface area contributed by atoms with E-state index in [9.17, 15) is 14.7 Å². The maximum Gasteiger partial charge on any atom is 0.269 e. The van der Waals surface area contributed by atoms with Crippen LogP contribution in [-0.2, 0) is 15.3 Å². The van der Waals surface area contributed by atoms with E-state index >= 15 is 0 Å². The van der Waals surface area contributed by atoms with Crippen LogP contribution in [0.25, 0.3) is 0 Å². The molecule has 1 unspecified atom stereocenters. The Hall–Kier alpha value is -1.97. The lowest BCUT2D eigenvalue weighted by Crippen LogP contribution is -2.07. The van der Waals surface area contributed by atoms with Crippen molar-refractivity contribution in [3.63, 3.8) is 0 Å². The van der Waals surface area contributed by atoms with Crippen LogP contribution in [0.2, 0.25) is 0 Å². The lowest BCUT2D eigenvalue weighted by molar-refractivity contribution is -0.384. The lowest BCUT2D eigenvalue weighted by Gasteiger charge is -2.16. The molecule has 5 nitrogen and oxygen atoms in total. The number of nitrogens with zero attached hydrogens (tertiary/aromatic N) is 1. The summed E-state index contributed by atoms with van der Waals surface area (Å²) >= 11 is 0. The van der Waals surface area contributed by atoms with Crippen LogP contribution in [0.4, 0.5) is 5.69 Å². The normalized spacial score (nSPS) is 13.7. The van der Waals surface area contributed by atoms with Crippen molar-refractivity contribution in [3.8, 4) is 0 Å². The first-order valence-corrected chi connectivity index (χ1v) is 7.80. The molecule has 1 atom stereocenters. The Morgan fingerprint density at radius 3 is 2.20 bits per heavy atom. The maximum atomic E-state index is 12.8. The number of benzene rings is 2. The Morgan fingerprint density at radius 2 is 1.70 bits per heavy atom. The minimum absolute atomic E-state index is 0.0145. The summed E-state index contributed by atoms with van der Waals surface area (Å²) in [7, 11) is -1.57. The maximum absolute atomic E-state index is 12.8. The van der Waals surface area contributed by atoms with Crippen LogP contribution < -0.4 is 5.30 Å². The van der Waals surface area contributed by atoms with Gasteiger partial charge in [-0.1, -0.05) is 30.3 Å². The summed E-state index contributed by atoms with van der Waals surface area (Å²) in [5, 5.41) is 11.2. The first-order valence-electron chi connectivity index (χ1n) is 5.99. The highest BCUT2D eigenvalue weighted by Gasteiger charge is 2.24. The van der Waals surface area contributed by atoms with Crippen LogP contribution in [0.5, 0.6) is 0 Å². The van der Waals surface area contributed by atoms with E-state index in [0.29, 0.717) is 5.30 Å². The Balaban J connectivity index is 2.26. The third-order valence-corrected chi connectivity index (χ3v) is 5.44. The van der Waals surface area contributed by atoms with E-state index in [2.05, 4.69) is 0 Å². The van der Waals surface area contributed by atoms with Crippen molar-refractivity contribution in [1.82, 2.24) is 0 Å². The Labute approximate surface area is 116 Å². The van der Waals surface area contributed by atoms with Crippen molar-refractivity contribution >= 4 is 18.4 Å². The van der Waals surface area contributed by atoms with E-state index in [1.165, 1.54) is 19.2 Å². The van der Waals surface area contributed by atoms with Gasteiger partial charge in [0.15, 0.2) is 0 Å². The van der Waals surface area contributed by atoms with Gasteiger partial charge in [-0.15, -0.1) is 0 Å². The van der Waals surface area contributed by atoms with Gasteiger partial charge in [-0.05, 0) is 17.7 Å². The molecule has 6 heteroatoms. The zero-order valence-corrected chi connectivity index (χ0v) is 11.8. The molecule has 0 aliphatic heterocycles. The highest BCUT2D eigenvalue weighted by Crippen LogP contribution is 2.48. The van der Waals surface area contributed by atoms with Gasteiger partial charge in [0.1, 0.15) is 0 Å². The van der Waals surface area contributed by atoms with Crippen LogP contribution in [0.1, 0.15) is 5.56 Å². The number of nitro groups is 1. The van der Waals surface area contributed by atoms with Gasteiger partial charge in [0.25, 0.3) is 5.69 Å². The molecule has 0 bridgehead atoms. The van der Waals surface area contributed by atoms with Gasteiger partial charge in [0.2, 0.25) is 7.37 Å². The van der Waals surface area contributed by atoms with Gasteiger partial charge >= 0.3 is 0 Å². The molecule has 0 N–H and O–H groups in total. The molecule has 0 fully saturated rings. The van der Waals surface area contributed by atoms with E-state index in [1.807, 2.05) is 6.07 Å². The lowest BCUT2D eigenvalue weighted by atomic mass is 10.2. The number of rotatable bonds is 5. The third kappa shape index (κ3) is 3.13. The van der Waals surface area contributed by atoms with Crippen LogP contribution in [-0.4, -0.2) is 12.0 Å². The van der Waals surface area contributed by atoms with Crippen molar-refractivity contribution in [2.75, 3.05) is 7.11 Å². The van der Waals surface area contributed by atoms with Crippen molar-refractivity contribution in [2.24, 2.45) is 0 Å². The number of hydrogen-bond donors (Lipinski definition) is 0. The molecular weight excluding hydrogens is 277 g/mol. The second-order valence-corrected chi connectivity index (χ2v) is 6.82. The number of non-ortho nitro benzene ring substituents is 1. The summed E-state index contributed by atoms with van der Waals surface area (Å²) in [6.45, 7) is 0. The Bertz CT molecular complexity index is 640. The fourth-order valence-corrected chi connectivity index (χ4v) is 3.72. The van der Waals surface area contributed by atoms with Crippen molar-refractivity contribution < 1.29 is 14.0 Å². The van der Waals surface area contributed by atoms with Gasteiger partial charge in [-0.2, -0.15) is 0 Å². The molecule has 0 radical (unpaired) electrons. The fraction of sp³-hybridized carbons (Fsp3) is 0.143. The van der Waals surface area contributed by atoms with Crippen molar-refractivity contribution in [3.05, 3.63) is 70.3 Å².